The second-order valence-electron chi connectivity index (χ2n) is 5.24. The maximum absolute atomic E-state index is 12.5. The van der Waals surface area contributed by atoms with Crippen molar-refractivity contribution >= 4 is 5.97 Å². The zero-order chi connectivity index (χ0) is 19.8. The Morgan fingerprint density at radius 2 is 1.29 bits per heavy atom. The number of carboxylic acids is 1. The average molecular weight is 406 g/mol. The van der Waals surface area contributed by atoms with Crippen molar-refractivity contribution in [2.24, 2.45) is 0 Å². The van der Waals surface area contributed by atoms with Crippen LogP contribution in [0.4, 0.5) is 17.6 Å². The smallest absolute Gasteiger partial charge is 0.478 e. The topological polar surface area (TPSA) is 94.5 Å². The maximum Gasteiger partial charge on any atom is 0.586 e. The fourth-order valence-corrected chi connectivity index (χ4v) is 2.17. The molecule has 0 bridgehead atoms. The lowest BCUT2D eigenvalue weighted by Gasteiger charge is -2.04. The van der Waals surface area contributed by atoms with Gasteiger partial charge in [0.1, 0.15) is 0 Å². The molecule has 2 aromatic carbocycles. The number of aliphatic hydroxyl groups is 1. The van der Waals surface area contributed by atoms with Crippen molar-refractivity contribution in [2.75, 3.05) is 0 Å². The summed E-state index contributed by atoms with van der Waals surface area (Å²) in [5, 5.41) is 17.3. The van der Waals surface area contributed by atoms with Crippen LogP contribution in [0.2, 0.25) is 0 Å². The Bertz CT molecular complexity index is 886. The highest BCUT2D eigenvalue weighted by molar-refractivity contribution is 5.88. The Morgan fingerprint density at radius 3 is 1.79 bits per heavy atom. The van der Waals surface area contributed by atoms with Crippen LogP contribution >= 0.6 is 0 Å². The molecule has 28 heavy (non-hydrogen) atoms. The van der Waals surface area contributed by atoms with E-state index in [1.807, 2.05) is 0 Å². The Morgan fingerprint density at radius 1 is 0.821 bits per heavy atom. The molecule has 0 unspecified atom stereocenters. The minimum Gasteiger partial charge on any atom is -0.478 e. The minimum atomic E-state index is -3.71. The van der Waals surface area contributed by atoms with E-state index in [0.717, 1.165) is 18.2 Å². The number of benzene rings is 2. The number of fused-ring (bicyclic) bond motifs is 2. The summed E-state index contributed by atoms with van der Waals surface area (Å²) in [6, 6.07) is 7.41. The first-order valence-electron chi connectivity index (χ1n) is 7.21. The summed E-state index contributed by atoms with van der Waals surface area (Å²) in [5.41, 5.74) is 0.366. The lowest BCUT2D eigenvalue weighted by molar-refractivity contribution is -0.287. The minimum absolute atomic E-state index is 0. The number of rotatable bonds is 2. The lowest BCUT2D eigenvalue weighted by Crippen LogP contribution is -2.25. The van der Waals surface area contributed by atoms with Gasteiger partial charge in [0.05, 0.1) is 12.2 Å². The molecule has 2 N–H and O–H groups in total. The number of ether oxygens (including phenoxy) is 4. The molecular formula is C17H14F4O7. The maximum atomic E-state index is 12.5. The third-order valence-corrected chi connectivity index (χ3v) is 3.30. The van der Waals surface area contributed by atoms with E-state index in [2.05, 4.69) is 18.9 Å². The van der Waals surface area contributed by atoms with E-state index in [0.29, 0.717) is 5.56 Å². The summed E-state index contributed by atoms with van der Waals surface area (Å²) in [5.74, 6) is -1.71. The number of alkyl halides is 4. The number of aromatic carboxylic acids is 1. The molecule has 0 fully saturated rings. The molecule has 0 radical (unpaired) electrons. The number of aliphatic hydroxyl groups excluding tert-OH is 1. The molecular weight excluding hydrogens is 392 g/mol. The van der Waals surface area contributed by atoms with Gasteiger partial charge in [0.25, 0.3) is 0 Å². The molecule has 0 aromatic heterocycles. The van der Waals surface area contributed by atoms with E-state index >= 15 is 0 Å². The van der Waals surface area contributed by atoms with Crippen molar-refractivity contribution in [3.05, 3.63) is 47.5 Å². The summed E-state index contributed by atoms with van der Waals surface area (Å²) >= 11 is 0. The number of halogens is 4. The van der Waals surface area contributed by atoms with Crippen molar-refractivity contribution in [2.45, 2.75) is 26.6 Å². The number of carbonyl (C=O) groups is 1. The molecule has 152 valence electrons. The van der Waals surface area contributed by atoms with Crippen LogP contribution in [0, 0.1) is 0 Å². The van der Waals surface area contributed by atoms with Crippen LogP contribution in [-0.2, 0) is 6.61 Å². The summed E-state index contributed by atoms with van der Waals surface area (Å²) in [7, 11) is 0. The molecule has 0 saturated carbocycles. The monoisotopic (exact) mass is 406 g/mol. The second-order valence-corrected chi connectivity index (χ2v) is 5.24. The summed E-state index contributed by atoms with van der Waals surface area (Å²) in [6.45, 7) is -0.220. The van der Waals surface area contributed by atoms with Crippen molar-refractivity contribution in [3.63, 3.8) is 0 Å². The molecule has 7 nitrogen and oxygen atoms in total. The summed E-state index contributed by atoms with van der Waals surface area (Å²) in [6.07, 6.45) is -7.30. The highest BCUT2D eigenvalue weighted by atomic mass is 19.3. The van der Waals surface area contributed by atoms with Gasteiger partial charge in [0.15, 0.2) is 23.0 Å². The van der Waals surface area contributed by atoms with Crippen molar-refractivity contribution in [3.8, 4) is 23.0 Å². The third-order valence-electron chi connectivity index (χ3n) is 3.30. The van der Waals surface area contributed by atoms with Crippen LogP contribution in [0.3, 0.4) is 0 Å². The zero-order valence-corrected chi connectivity index (χ0v) is 13.1. The van der Waals surface area contributed by atoms with E-state index < -0.39 is 18.6 Å². The van der Waals surface area contributed by atoms with E-state index in [9.17, 15) is 22.4 Å². The van der Waals surface area contributed by atoms with E-state index in [4.69, 9.17) is 10.2 Å². The first-order chi connectivity index (χ1) is 12.6. The molecule has 2 heterocycles. The van der Waals surface area contributed by atoms with Gasteiger partial charge >= 0.3 is 18.6 Å². The number of hydrogen-bond donors (Lipinski definition) is 2. The Kier molecular flexibility index (Phi) is 5.59. The van der Waals surface area contributed by atoms with Gasteiger partial charge in [0.2, 0.25) is 0 Å². The highest BCUT2D eigenvalue weighted by Gasteiger charge is 2.44. The molecule has 0 amide bonds. The molecule has 2 aromatic rings. The van der Waals surface area contributed by atoms with Gasteiger partial charge in [-0.3, -0.25) is 0 Å². The quantitative estimate of drug-likeness (QED) is 0.732. The first-order valence-corrected chi connectivity index (χ1v) is 7.21. The Labute approximate surface area is 155 Å². The zero-order valence-electron chi connectivity index (χ0n) is 13.1. The van der Waals surface area contributed by atoms with Gasteiger partial charge in [-0.2, -0.15) is 0 Å². The fraction of sp³-hybridized carbons (Fsp3) is 0.235. The molecule has 2 aliphatic rings. The van der Waals surface area contributed by atoms with Gasteiger partial charge in [0, 0.05) is 0 Å². The molecule has 0 spiro atoms. The van der Waals surface area contributed by atoms with Gasteiger partial charge in [-0.25, -0.2) is 4.79 Å². The predicted molar refractivity (Wildman–Crippen MR) is 84.9 cm³/mol. The largest absolute Gasteiger partial charge is 0.586 e. The van der Waals surface area contributed by atoms with Crippen molar-refractivity contribution in [1.82, 2.24) is 0 Å². The standard InChI is InChI=1S/C8H4F2O4.C8H6F2O3.CH4/c9-8(10)13-5-2-1-4(7(11)12)3-6(5)14-8;9-8(10)12-6-2-1-5(4-11)3-7(6)13-8;/h1-3H,(H,11,12);1-3,11H,4H2;1H4. The number of carboxylic acid groups (broad SMARTS) is 1. The third kappa shape index (κ3) is 4.55. The SMILES string of the molecule is C.O=C(O)c1ccc2c(c1)OC(F)(F)O2.OCc1ccc2c(c1)OC(F)(F)O2. The van der Waals surface area contributed by atoms with Gasteiger partial charge in [-0.05, 0) is 35.9 Å². The second kappa shape index (κ2) is 7.43. The van der Waals surface area contributed by atoms with Crippen molar-refractivity contribution < 1.29 is 51.5 Å². The fourth-order valence-electron chi connectivity index (χ4n) is 2.17. The highest BCUT2D eigenvalue weighted by Crippen LogP contribution is 2.42. The average Bonchev–Trinajstić information content (AvgIpc) is 3.05. The van der Waals surface area contributed by atoms with E-state index in [-0.39, 0.29) is 42.6 Å². The normalized spacial score (nSPS) is 16.5. The predicted octanol–water partition coefficient (Wildman–Crippen LogP) is 3.84. The molecule has 0 saturated heterocycles. The summed E-state index contributed by atoms with van der Waals surface area (Å²) < 4.78 is 66.4. The lowest BCUT2D eigenvalue weighted by atomic mass is 10.2. The van der Waals surface area contributed by atoms with E-state index in [1.54, 1.807) is 0 Å². The van der Waals surface area contributed by atoms with Crippen LogP contribution in [0.15, 0.2) is 36.4 Å². The Balaban J connectivity index is 0.000000194. The van der Waals surface area contributed by atoms with Gasteiger partial charge in [-0.1, -0.05) is 13.5 Å². The summed E-state index contributed by atoms with van der Waals surface area (Å²) in [4.78, 5) is 10.5. The number of hydrogen-bond acceptors (Lipinski definition) is 6. The Hall–Kier alpha value is -3.21. The van der Waals surface area contributed by atoms with Crippen LogP contribution < -0.4 is 18.9 Å². The molecule has 0 atom stereocenters. The molecule has 4 rings (SSSR count). The van der Waals surface area contributed by atoms with Crippen LogP contribution in [0.25, 0.3) is 0 Å². The molecule has 2 aliphatic heterocycles. The van der Waals surface area contributed by atoms with Crippen LogP contribution in [-0.4, -0.2) is 28.8 Å². The first kappa shape index (κ1) is 21.1. The van der Waals surface area contributed by atoms with Gasteiger partial charge in [-0.15, -0.1) is 17.6 Å². The van der Waals surface area contributed by atoms with Crippen molar-refractivity contribution in [1.29, 1.82) is 0 Å². The molecule has 0 aliphatic carbocycles. The van der Waals surface area contributed by atoms with Crippen LogP contribution in [0.5, 0.6) is 23.0 Å². The van der Waals surface area contributed by atoms with Crippen LogP contribution in [0.1, 0.15) is 23.3 Å². The van der Waals surface area contributed by atoms with E-state index in [1.165, 1.54) is 18.2 Å². The van der Waals surface area contributed by atoms with Gasteiger partial charge < -0.3 is 29.2 Å². The molecule has 11 heteroatoms.